The van der Waals surface area contributed by atoms with Gasteiger partial charge < -0.3 is 11.1 Å². The van der Waals surface area contributed by atoms with Crippen LogP contribution in [0.5, 0.6) is 0 Å². The molecule has 4 aromatic rings. The first-order chi connectivity index (χ1) is 17.4. The van der Waals surface area contributed by atoms with Crippen molar-refractivity contribution in [3.8, 4) is 0 Å². The van der Waals surface area contributed by atoms with Crippen LogP contribution >= 0.6 is 27.5 Å². The molecule has 6 heteroatoms. The number of carbonyl (C=O) groups is 2. The number of halogens is 2. The quantitative estimate of drug-likeness (QED) is 0.245. The van der Waals surface area contributed by atoms with E-state index in [1.165, 1.54) is 0 Å². The van der Waals surface area contributed by atoms with E-state index in [1.54, 1.807) is 12.1 Å². The Labute approximate surface area is 224 Å². The Kier molecular flexibility index (Phi) is 8.24. The average molecular weight is 562 g/mol. The van der Waals surface area contributed by atoms with Gasteiger partial charge in [0.05, 0.1) is 5.41 Å². The molecule has 3 N–H and O–H groups in total. The highest BCUT2D eigenvalue weighted by molar-refractivity contribution is 9.10. The number of amides is 2. The first-order valence-electron chi connectivity index (χ1n) is 11.6. The van der Waals surface area contributed by atoms with Crippen LogP contribution in [0.15, 0.2) is 114 Å². The largest absolute Gasteiger partial charge is 0.368 e. The number of hydrogen-bond donors (Lipinski definition) is 2. The highest BCUT2D eigenvalue weighted by Gasteiger charge is 2.39. The van der Waals surface area contributed by atoms with Gasteiger partial charge in [0, 0.05) is 22.3 Å². The van der Waals surface area contributed by atoms with Crippen molar-refractivity contribution in [3.63, 3.8) is 0 Å². The van der Waals surface area contributed by atoms with Crippen LogP contribution in [0.25, 0.3) is 0 Å². The lowest BCUT2D eigenvalue weighted by atomic mass is 9.67. The Morgan fingerprint density at radius 2 is 1.28 bits per heavy atom. The first-order valence-corrected chi connectivity index (χ1v) is 12.8. The van der Waals surface area contributed by atoms with Crippen molar-refractivity contribution < 1.29 is 9.59 Å². The number of nitrogens with one attached hydrogen (secondary N) is 1. The molecule has 0 saturated heterocycles. The molecule has 4 nitrogen and oxygen atoms in total. The van der Waals surface area contributed by atoms with Crippen LogP contribution in [-0.2, 0) is 21.4 Å². The Hall–Kier alpha value is -3.41. The summed E-state index contributed by atoms with van der Waals surface area (Å²) in [6.45, 7) is 0. The van der Waals surface area contributed by atoms with Gasteiger partial charge in [0.25, 0.3) is 0 Å². The summed E-state index contributed by atoms with van der Waals surface area (Å²) < 4.78 is 0.791. The molecule has 4 aromatic carbocycles. The normalized spacial score (nSPS) is 12.1. The van der Waals surface area contributed by atoms with Gasteiger partial charge in [-0.05, 0) is 40.5 Å². The molecule has 0 bridgehead atoms. The van der Waals surface area contributed by atoms with Crippen molar-refractivity contribution in [1.29, 1.82) is 0 Å². The van der Waals surface area contributed by atoms with E-state index in [0.29, 0.717) is 5.02 Å². The van der Waals surface area contributed by atoms with Crippen molar-refractivity contribution in [3.05, 3.63) is 141 Å². The molecule has 0 aliphatic heterocycles. The van der Waals surface area contributed by atoms with Crippen LogP contribution in [0, 0.1) is 0 Å². The Bertz CT molecular complexity index is 1230. The first kappa shape index (κ1) is 25.7. The van der Waals surface area contributed by atoms with Gasteiger partial charge in [0.2, 0.25) is 11.8 Å². The van der Waals surface area contributed by atoms with Crippen molar-refractivity contribution in [2.45, 2.75) is 24.3 Å². The highest BCUT2D eigenvalue weighted by Crippen LogP contribution is 2.42. The lowest BCUT2D eigenvalue weighted by molar-refractivity contribution is -0.127. The van der Waals surface area contributed by atoms with E-state index in [-0.39, 0.29) is 18.7 Å². The molecule has 2 amide bonds. The predicted octanol–water partition coefficient (Wildman–Crippen LogP) is 6.04. The second kappa shape index (κ2) is 11.5. The topological polar surface area (TPSA) is 72.2 Å². The van der Waals surface area contributed by atoms with Gasteiger partial charge in [-0.25, -0.2) is 0 Å². The fourth-order valence-electron chi connectivity index (χ4n) is 4.60. The number of hydrogen-bond acceptors (Lipinski definition) is 2. The lowest BCUT2D eigenvalue weighted by Crippen LogP contribution is -2.48. The third-order valence-electron chi connectivity index (χ3n) is 6.34. The Balaban J connectivity index is 1.73. The molecule has 0 aliphatic rings. The van der Waals surface area contributed by atoms with Gasteiger partial charge in [-0.2, -0.15) is 0 Å². The minimum atomic E-state index is -0.896. The van der Waals surface area contributed by atoms with Gasteiger partial charge in [-0.15, -0.1) is 0 Å². The number of nitrogens with two attached hydrogens (primary N) is 1. The maximum absolute atomic E-state index is 13.7. The molecule has 0 aliphatic carbocycles. The Morgan fingerprint density at radius 1 is 0.806 bits per heavy atom. The third kappa shape index (κ3) is 5.69. The van der Waals surface area contributed by atoms with E-state index in [1.807, 2.05) is 97.1 Å². The summed E-state index contributed by atoms with van der Waals surface area (Å²) in [5, 5.41) is 3.44. The summed E-state index contributed by atoms with van der Waals surface area (Å²) in [6.07, 6.45) is 0.308. The van der Waals surface area contributed by atoms with Crippen molar-refractivity contribution in [2.75, 3.05) is 0 Å². The van der Waals surface area contributed by atoms with E-state index in [9.17, 15) is 9.59 Å². The number of carbonyl (C=O) groups excluding carboxylic acids is 2. The molecular weight excluding hydrogens is 536 g/mol. The minimum Gasteiger partial charge on any atom is -0.368 e. The fraction of sp³-hybridized carbons (Fsp3) is 0.133. The molecule has 0 saturated carbocycles. The SMILES string of the molecule is NC(=O)[C@H](Cc1cc(Cl)ccc1Br)NC(=O)CC(c1ccccc1)(c1ccccc1)c1ccccc1. The molecule has 36 heavy (non-hydrogen) atoms. The molecular formula is C30H26BrClN2O2. The average Bonchev–Trinajstić information content (AvgIpc) is 2.90. The molecule has 0 aromatic heterocycles. The van der Waals surface area contributed by atoms with Crippen LogP contribution in [0.4, 0.5) is 0 Å². The van der Waals surface area contributed by atoms with Crippen molar-refractivity contribution >= 4 is 39.3 Å². The number of benzene rings is 4. The summed E-state index contributed by atoms with van der Waals surface area (Å²) in [5.41, 5.74) is 8.66. The van der Waals surface area contributed by atoms with Gasteiger partial charge >= 0.3 is 0 Å². The smallest absolute Gasteiger partial charge is 0.240 e. The summed E-state index contributed by atoms with van der Waals surface area (Å²) in [4.78, 5) is 26.0. The second-order valence-corrected chi connectivity index (χ2v) is 9.93. The Morgan fingerprint density at radius 3 is 1.72 bits per heavy atom. The minimum absolute atomic E-state index is 0.0888. The van der Waals surface area contributed by atoms with Crippen LogP contribution in [0.1, 0.15) is 28.7 Å². The van der Waals surface area contributed by atoms with E-state index in [0.717, 1.165) is 26.7 Å². The fourth-order valence-corrected chi connectivity index (χ4v) is 5.21. The van der Waals surface area contributed by atoms with E-state index < -0.39 is 17.4 Å². The zero-order valence-corrected chi connectivity index (χ0v) is 21.9. The molecule has 0 spiro atoms. The zero-order chi connectivity index (χ0) is 25.5. The summed E-state index contributed by atoms with van der Waals surface area (Å²) >= 11 is 9.64. The molecule has 0 radical (unpaired) electrons. The molecule has 0 heterocycles. The van der Waals surface area contributed by atoms with Crippen molar-refractivity contribution in [1.82, 2.24) is 5.32 Å². The zero-order valence-electron chi connectivity index (χ0n) is 19.5. The summed E-state index contributed by atoms with van der Waals surface area (Å²) in [7, 11) is 0. The van der Waals surface area contributed by atoms with Crippen molar-refractivity contribution in [2.24, 2.45) is 5.73 Å². The monoisotopic (exact) mass is 560 g/mol. The summed E-state index contributed by atoms with van der Waals surface area (Å²) in [6, 6.07) is 34.3. The summed E-state index contributed by atoms with van der Waals surface area (Å²) in [5.74, 6) is -0.895. The molecule has 182 valence electrons. The van der Waals surface area contributed by atoms with Gasteiger partial charge in [-0.3, -0.25) is 9.59 Å². The van der Waals surface area contributed by atoms with Gasteiger partial charge in [0.1, 0.15) is 6.04 Å². The maximum Gasteiger partial charge on any atom is 0.240 e. The van der Waals surface area contributed by atoms with Gasteiger partial charge in [0.15, 0.2) is 0 Å². The molecule has 1 atom stereocenters. The highest BCUT2D eigenvalue weighted by atomic mass is 79.9. The molecule has 0 unspecified atom stereocenters. The van der Waals surface area contributed by atoms with Crippen LogP contribution in [-0.4, -0.2) is 17.9 Å². The standard InChI is InChI=1S/C30H26BrClN2O2/c31-26-17-16-25(32)18-21(26)19-27(29(33)36)34-28(35)20-30(22-10-4-1-5-11-22,23-12-6-2-7-13-23)24-14-8-3-9-15-24/h1-18,27H,19-20H2,(H2,33,36)(H,34,35)/t27-/m0/s1. The van der Waals surface area contributed by atoms with Crippen LogP contribution in [0.2, 0.25) is 5.02 Å². The molecule has 0 fully saturated rings. The van der Waals surface area contributed by atoms with E-state index in [4.69, 9.17) is 17.3 Å². The van der Waals surface area contributed by atoms with Crippen LogP contribution < -0.4 is 11.1 Å². The predicted molar refractivity (Wildman–Crippen MR) is 148 cm³/mol. The molecule has 4 rings (SSSR count). The third-order valence-corrected chi connectivity index (χ3v) is 7.34. The van der Waals surface area contributed by atoms with Crippen LogP contribution in [0.3, 0.4) is 0 Å². The number of primary amides is 1. The van der Waals surface area contributed by atoms with E-state index >= 15 is 0 Å². The second-order valence-electron chi connectivity index (χ2n) is 8.64. The van der Waals surface area contributed by atoms with Gasteiger partial charge in [-0.1, -0.05) is 119 Å². The lowest BCUT2D eigenvalue weighted by Gasteiger charge is -2.36. The number of rotatable bonds is 9. The van der Waals surface area contributed by atoms with E-state index in [2.05, 4.69) is 21.2 Å². The maximum atomic E-state index is 13.7.